The number of para-hydroxylation sites is 1. The molecule has 17 heavy (non-hydrogen) atoms. The molecule has 2 aromatic rings. The van der Waals surface area contributed by atoms with Crippen molar-refractivity contribution in [2.45, 2.75) is 19.8 Å². The van der Waals surface area contributed by atoms with Crippen molar-refractivity contribution in [1.82, 2.24) is 9.47 Å². The molecule has 0 spiro atoms. The van der Waals surface area contributed by atoms with Gasteiger partial charge in [0.1, 0.15) is 0 Å². The van der Waals surface area contributed by atoms with Crippen LogP contribution in [0.3, 0.4) is 0 Å². The van der Waals surface area contributed by atoms with E-state index in [1.165, 1.54) is 22.2 Å². The largest absolute Gasteiger partial charge is 0.348 e. The van der Waals surface area contributed by atoms with Crippen LogP contribution in [-0.2, 0) is 7.05 Å². The predicted molar refractivity (Wildman–Crippen MR) is 74.6 cm³/mol. The summed E-state index contributed by atoms with van der Waals surface area (Å²) in [6.45, 7) is 5.63. The van der Waals surface area contributed by atoms with Crippen LogP contribution in [0.2, 0.25) is 0 Å². The highest BCUT2D eigenvalue weighted by Gasteiger charge is 2.17. The Morgan fingerprint density at radius 2 is 1.88 bits per heavy atom. The molecule has 2 heteroatoms. The molecule has 0 saturated heterocycles. The molecule has 0 radical (unpaired) electrons. The van der Waals surface area contributed by atoms with Crippen LogP contribution in [-0.4, -0.2) is 30.1 Å². The topological polar surface area (TPSA) is 8.17 Å². The first-order valence-electron chi connectivity index (χ1n) is 6.21. The van der Waals surface area contributed by atoms with Crippen molar-refractivity contribution in [3.05, 3.63) is 35.5 Å². The summed E-state index contributed by atoms with van der Waals surface area (Å²) in [5, 5.41) is 1.40. The third-order valence-electron chi connectivity index (χ3n) is 3.58. The number of aryl methyl sites for hydroxylation is 1. The van der Waals surface area contributed by atoms with E-state index in [-0.39, 0.29) is 0 Å². The molecule has 0 aliphatic heterocycles. The first-order chi connectivity index (χ1) is 8.02. The summed E-state index contributed by atoms with van der Waals surface area (Å²) < 4.78 is 2.30. The summed E-state index contributed by atoms with van der Waals surface area (Å²) >= 11 is 0. The number of hydrogen-bond donors (Lipinski definition) is 0. The van der Waals surface area contributed by atoms with Gasteiger partial charge in [-0.2, -0.15) is 0 Å². The van der Waals surface area contributed by atoms with Gasteiger partial charge in [-0.1, -0.05) is 25.1 Å². The van der Waals surface area contributed by atoms with Gasteiger partial charge >= 0.3 is 0 Å². The minimum atomic E-state index is 0.566. The zero-order chi connectivity index (χ0) is 12.6. The van der Waals surface area contributed by atoms with E-state index in [2.05, 4.69) is 68.7 Å². The SMILES string of the molecule is Cc1c(C(C)CN(C)C)c2ccccc2n1C. The maximum absolute atomic E-state index is 2.31. The minimum absolute atomic E-state index is 0.566. The van der Waals surface area contributed by atoms with E-state index >= 15 is 0 Å². The lowest BCUT2D eigenvalue weighted by Gasteiger charge is -2.17. The highest BCUT2D eigenvalue weighted by atomic mass is 15.1. The molecule has 0 amide bonds. The van der Waals surface area contributed by atoms with Crippen LogP contribution >= 0.6 is 0 Å². The van der Waals surface area contributed by atoms with Gasteiger partial charge in [0, 0.05) is 30.2 Å². The molecule has 92 valence electrons. The first-order valence-corrected chi connectivity index (χ1v) is 6.21. The van der Waals surface area contributed by atoms with Gasteiger partial charge in [-0.05, 0) is 38.6 Å². The number of rotatable bonds is 3. The third-order valence-corrected chi connectivity index (χ3v) is 3.58. The van der Waals surface area contributed by atoms with Crippen molar-refractivity contribution < 1.29 is 0 Å². The van der Waals surface area contributed by atoms with Gasteiger partial charge in [0.05, 0.1) is 0 Å². The Morgan fingerprint density at radius 3 is 2.53 bits per heavy atom. The number of nitrogens with zero attached hydrogens (tertiary/aromatic N) is 2. The molecule has 0 saturated carbocycles. The van der Waals surface area contributed by atoms with Gasteiger partial charge in [-0.25, -0.2) is 0 Å². The van der Waals surface area contributed by atoms with Crippen molar-refractivity contribution in [3.63, 3.8) is 0 Å². The molecule has 0 N–H and O–H groups in total. The van der Waals surface area contributed by atoms with Crippen LogP contribution < -0.4 is 0 Å². The third kappa shape index (κ3) is 2.09. The maximum Gasteiger partial charge on any atom is 0.0482 e. The second-order valence-corrected chi connectivity index (χ2v) is 5.24. The minimum Gasteiger partial charge on any atom is -0.348 e. The van der Waals surface area contributed by atoms with Crippen LogP contribution in [0.1, 0.15) is 24.1 Å². The van der Waals surface area contributed by atoms with Crippen LogP contribution in [0.15, 0.2) is 24.3 Å². The maximum atomic E-state index is 2.31. The fraction of sp³-hybridized carbons (Fsp3) is 0.467. The Kier molecular flexibility index (Phi) is 3.25. The Morgan fingerprint density at radius 1 is 1.24 bits per heavy atom. The average Bonchev–Trinajstić information content (AvgIpc) is 2.51. The van der Waals surface area contributed by atoms with E-state index in [0.717, 1.165) is 6.54 Å². The molecule has 1 aromatic heterocycles. The summed E-state index contributed by atoms with van der Waals surface area (Å²) in [5.41, 5.74) is 4.22. The Hall–Kier alpha value is -1.28. The Labute approximate surface area is 104 Å². The van der Waals surface area contributed by atoms with E-state index in [0.29, 0.717) is 5.92 Å². The molecule has 2 nitrogen and oxygen atoms in total. The van der Waals surface area contributed by atoms with Crippen LogP contribution in [0, 0.1) is 6.92 Å². The standard InChI is InChI=1S/C15H22N2/c1-11(10-16(3)4)15-12(2)17(5)14-9-7-6-8-13(14)15/h6-9,11H,10H2,1-5H3. The molecule has 0 aliphatic carbocycles. The van der Waals surface area contributed by atoms with E-state index in [1.807, 2.05) is 0 Å². The highest BCUT2D eigenvalue weighted by Crippen LogP contribution is 2.31. The number of hydrogen-bond acceptors (Lipinski definition) is 1. The summed E-state index contributed by atoms with van der Waals surface area (Å²) in [5.74, 6) is 0.566. The van der Waals surface area contributed by atoms with Crippen molar-refractivity contribution >= 4 is 10.9 Å². The lowest BCUT2D eigenvalue weighted by Crippen LogP contribution is -2.18. The van der Waals surface area contributed by atoms with Crippen LogP contribution in [0.5, 0.6) is 0 Å². The lowest BCUT2D eigenvalue weighted by atomic mass is 9.97. The van der Waals surface area contributed by atoms with Crippen molar-refractivity contribution in [2.75, 3.05) is 20.6 Å². The molecule has 0 fully saturated rings. The van der Waals surface area contributed by atoms with Gasteiger partial charge in [-0.3, -0.25) is 0 Å². The highest BCUT2D eigenvalue weighted by molar-refractivity contribution is 5.86. The van der Waals surface area contributed by atoms with Gasteiger partial charge in [-0.15, -0.1) is 0 Å². The van der Waals surface area contributed by atoms with E-state index in [9.17, 15) is 0 Å². The fourth-order valence-electron chi connectivity index (χ4n) is 2.81. The molecule has 1 aromatic carbocycles. The van der Waals surface area contributed by atoms with E-state index in [4.69, 9.17) is 0 Å². The van der Waals surface area contributed by atoms with Gasteiger partial charge in [0.25, 0.3) is 0 Å². The monoisotopic (exact) mass is 230 g/mol. The van der Waals surface area contributed by atoms with E-state index in [1.54, 1.807) is 0 Å². The molecule has 2 rings (SSSR count). The number of aromatic nitrogens is 1. The summed E-state index contributed by atoms with van der Waals surface area (Å²) in [6, 6.07) is 8.69. The molecular formula is C15H22N2. The fourth-order valence-corrected chi connectivity index (χ4v) is 2.81. The first kappa shape index (κ1) is 12.2. The van der Waals surface area contributed by atoms with Crippen molar-refractivity contribution in [2.24, 2.45) is 7.05 Å². The number of fused-ring (bicyclic) bond motifs is 1. The smallest absolute Gasteiger partial charge is 0.0482 e. The summed E-state index contributed by atoms with van der Waals surface area (Å²) in [7, 11) is 6.43. The molecular weight excluding hydrogens is 208 g/mol. The molecule has 0 bridgehead atoms. The van der Waals surface area contributed by atoms with Gasteiger partial charge < -0.3 is 9.47 Å². The lowest BCUT2D eigenvalue weighted by molar-refractivity contribution is 0.383. The van der Waals surface area contributed by atoms with E-state index < -0.39 is 0 Å². The van der Waals surface area contributed by atoms with Gasteiger partial charge in [0.15, 0.2) is 0 Å². The number of likely N-dealkylation sites (N-methyl/N-ethyl adjacent to an activating group) is 1. The predicted octanol–water partition coefficient (Wildman–Crippen LogP) is 3.15. The average molecular weight is 230 g/mol. The summed E-state index contributed by atoms with van der Waals surface area (Å²) in [6.07, 6.45) is 0. The van der Waals surface area contributed by atoms with Gasteiger partial charge in [0.2, 0.25) is 0 Å². The van der Waals surface area contributed by atoms with Crippen molar-refractivity contribution in [1.29, 1.82) is 0 Å². The quantitative estimate of drug-likeness (QED) is 0.786. The normalized spacial score (nSPS) is 13.5. The van der Waals surface area contributed by atoms with Crippen LogP contribution in [0.4, 0.5) is 0 Å². The second kappa shape index (κ2) is 4.53. The zero-order valence-corrected chi connectivity index (χ0v) is 11.5. The zero-order valence-electron chi connectivity index (χ0n) is 11.5. The van der Waals surface area contributed by atoms with Crippen molar-refractivity contribution in [3.8, 4) is 0 Å². The second-order valence-electron chi connectivity index (χ2n) is 5.24. The summed E-state index contributed by atoms with van der Waals surface area (Å²) in [4.78, 5) is 2.26. The number of benzene rings is 1. The molecule has 1 unspecified atom stereocenters. The molecule has 1 heterocycles. The van der Waals surface area contributed by atoms with Crippen LogP contribution in [0.25, 0.3) is 10.9 Å². The Balaban J connectivity index is 2.56. The Bertz CT molecular complexity index is 523. The molecule has 0 aliphatic rings. The molecule has 1 atom stereocenters.